The van der Waals surface area contributed by atoms with E-state index in [2.05, 4.69) is 5.32 Å². The quantitative estimate of drug-likeness (QED) is 0.682. The number of carbonyl (C=O) groups excluding carboxylic acids is 1. The SMILES string of the molecule is CCOCCNC(=O)CN1C(C(=O)O)CC2CCCCC21. The molecule has 0 aromatic carbocycles. The van der Waals surface area contributed by atoms with Gasteiger partial charge in [-0.05, 0) is 32.1 Å². The maximum Gasteiger partial charge on any atom is 0.320 e. The standard InChI is InChI=1S/C15H26N2O4/c1-2-21-8-7-16-14(18)10-17-12-6-4-3-5-11(12)9-13(17)15(19)20/h11-13H,2-10H2,1H3,(H,16,18)(H,19,20). The van der Waals surface area contributed by atoms with Gasteiger partial charge in [0.2, 0.25) is 5.91 Å². The maximum atomic E-state index is 12.0. The van der Waals surface area contributed by atoms with E-state index >= 15 is 0 Å². The minimum absolute atomic E-state index is 0.104. The molecule has 1 heterocycles. The van der Waals surface area contributed by atoms with Crippen LogP contribution in [-0.2, 0) is 14.3 Å². The highest BCUT2D eigenvalue weighted by atomic mass is 16.5. The second kappa shape index (κ2) is 7.75. The number of rotatable bonds is 7. The summed E-state index contributed by atoms with van der Waals surface area (Å²) in [6.45, 7) is 3.70. The summed E-state index contributed by atoms with van der Waals surface area (Å²) in [5, 5.41) is 12.2. The molecule has 0 spiro atoms. The molecule has 1 amide bonds. The molecule has 6 nitrogen and oxygen atoms in total. The predicted octanol–water partition coefficient (Wildman–Crippen LogP) is 0.857. The Morgan fingerprint density at radius 1 is 1.33 bits per heavy atom. The van der Waals surface area contributed by atoms with Crippen LogP contribution in [0.2, 0.25) is 0 Å². The average Bonchev–Trinajstić information content (AvgIpc) is 2.83. The Balaban J connectivity index is 1.88. The normalized spacial score (nSPS) is 29.1. The second-order valence-electron chi connectivity index (χ2n) is 5.92. The summed E-state index contributed by atoms with van der Waals surface area (Å²) in [6, 6.07) is -0.242. The van der Waals surface area contributed by atoms with Crippen LogP contribution in [0.4, 0.5) is 0 Å². The van der Waals surface area contributed by atoms with E-state index in [4.69, 9.17) is 4.74 Å². The Hall–Kier alpha value is -1.14. The van der Waals surface area contributed by atoms with Gasteiger partial charge in [-0.25, -0.2) is 0 Å². The molecule has 0 aromatic heterocycles. The molecule has 2 aliphatic rings. The summed E-state index contributed by atoms with van der Waals surface area (Å²) >= 11 is 0. The molecule has 0 bridgehead atoms. The third-order valence-electron chi connectivity index (χ3n) is 4.61. The summed E-state index contributed by atoms with van der Waals surface area (Å²) in [5.41, 5.74) is 0. The molecule has 1 saturated carbocycles. The number of nitrogens with one attached hydrogen (secondary N) is 1. The number of hydrogen-bond acceptors (Lipinski definition) is 4. The lowest BCUT2D eigenvalue weighted by molar-refractivity contribution is -0.143. The van der Waals surface area contributed by atoms with Crippen molar-refractivity contribution in [3.63, 3.8) is 0 Å². The van der Waals surface area contributed by atoms with Gasteiger partial charge in [-0.2, -0.15) is 0 Å². The molecule has 2 fully saturated rings. The topological polar surface area (TPSA) is 78.9 Å². The number of nitrogens with zero attached hydrogens (tertiary/aromatic N) is 1. The van der Waals surface area contributed by atoms with E-state index in [1.807, 2.05) is 11.8 Å². The summed E-state index contributed by atoms with van der Waals surface area (Å²) in [5.74, 6) is -0.463. The first-order valence-corrected chi connectivity index (χ1v) is 7.96. The van der Waals surface area contributed by atoms with E-state index in [1.54, 1.807) is 0 Å². The Morgan fingerprint density at radius 2 is 2.10 bits per heavy atom. The van der Waals surface area contributed by atoms with Crippen molar-refractivity contribution in [2.24, 2.45) is 5.92 Å². The van der Waals surface area contributed by atoms with Crippen LogP contribution in [0.1, 0.15) is 39.0 Å². The van der Waals surface area contributed by atoms with Gasteiger partial charge in [0, 0.05) is 19.2 Å². The third kappa shape index (κ3) is 4.17. The highest BCUT2D eigenvalue weighted by molar-refractivity contribution is 5.80. The molecule has 0 aromatic rings. The fourth-order valence-corrected chi connectivity index (χ4v) is 3.65. The molecule has 0 radical (unpaired) electrons. The van der Waals surface area contributed by atoms with E-state index in [-0.39, 0.29) is 18.5 Å². The van der Waals surface area contributed by atoms with Gasteiger partial charge in [-0.3, -0.25) is 14.5 Å². The van der Waals surface area contributed by atoms with E-state index in [9.17, 15) is 14.7 Å². The van der Waals surface area contributed by atoms with Gasteiger partial charge in [-0.15, -0.1) is 0 Å². The van der Waals surface area contributed by atoms with Crippen LogP contribution >= 0.6 is 0 Å². The lowest BCUT2D eigenvalue weighted by Crippen LogP contribution is -2.48. The minimum atomic E-state index is -0.800. The number of carboxylic acids is 1. The number of hydrogen-bond donors (Lipinski definition) is 2. The molecule has 1 aliphatic carbocycles. The molecule has 1 aliphatic heterocycles. The highest BCUT2D eigenvalue weighted by Gasteiger charge is 2.45. The van der Waals surface area contributed by atoms with Crippen molar-refractivity contribution >= 4 is 11.9 Å². The van der Waals surface area contributed by atoms with Crippen molar-refractivity contribution in [1.29, 1.82) is 0 Å². The summed E-state index contributed by atoms with van der Waals surface area (Å²) < 4.78 is 5.18. The smallest absolute Gasteiger partial charge is 0.320 e. The van der Waals surface area contributed by atoms with Crippen molar-refractivity contribution in [2.45, 2.75) is 51.1 Å². The predicted molar refractivity (Wildman–Crippen MR) is 78.0 cm³/mol. The second-order valence-corrected chi connectivity index (χ2v) is 5.92. The molecule has 3 atom stereocenters. The maximum absolute atomic E-state index is 12.0. The van der Waals surface area contributed by atoms with Crippen molar-refractivity contribution in [3.8, 4) is 0 Å². The zero-order valence-corrected chi connectivity index (χ0v) is 12.7. The number of fused-ring (bicyclic) bond motifs is 1. The van der Waals surface area contributed by atoms with Gasteiger partial charge >= 0.3 is 5.97 Å². The molecule has 2 N–H and O–H groups in total. The number of carboxylic acid groups (broad SMARTS) is 1. The Bertz CT molecular complexity index is 375. The molecular weight excluding hydrogens is 272 g/mol. The van der Waals surface area contributed by atoms with Gasteiger partial charge in [0.05, 0.1) is 13.2 Å². The third-order valence-corrected chi connectivity index (χ3v) is 4.61. The van der Waals surface area contributed by atoms with Crippen molar-refractivity contribution < 1.29 is 19.4 Å². The number of carbonyl (C=O) groups is 2. The lowest BCUT2D eigenvalue weighted by atomic mass is 9.85. The van der Waals surface area contributed by atoms with Crippen LogP contribution in [0.25, 0.3) is 0 Å². The van der Waals surface area contributed by atoms with E-state index < -0.39 is 12.0 Å². The average molecular weight is 298 g/mol. The molecule has 2 rings (SSSR count). The molecule has 120 valence electrons. The van der Waals surface area contributed by atoms with Crippen LogP contribution in [0, 0.1) is 5.92 Å². The first-order chi connectivity index (χ1) is 10.1. The summed E-state index contributed by atoms with van der Waals surface area (Å²) in [6.07, 6.45) is 5.11. The first-order valence-electron chi connectivity index (χ1n) is 7.96. The van der Waals surface area contributed by atoms with Crippen molar-refractivity contribution in [3.05, 3.63) is 0 Å². The lowest BCUT2D eigenvalue weighted by Gasteiger charge is -2.32. The van der Waals surface area contributed by atoms with Crippen molar-refractivity contribution in [2.75, 3.05) is 26.3 Å². The number of ether oxygens (including phenoxy) is 1. The zero-order valence-electron chi connectivity index (χ0n) is 12.7. The first kappa shape index (κ1) is 16.2. The Kier molecular flexibility index (Phi) is 5.99. The van der Waals surface area contributed by atoms with Crippen LogP contribution < -0.4 is 5.32 Å². The van der Waals surface area contributed by atoms with Gasteiger partial charge in [-0.1, -0.05) is 12.8 Å². The van der Waals surface area contributed by atoms with Gasteiger partial charge < -0.3 is 15.2 Å². The highest BCUT2D eigenvalue weighted by Crippen LogP contribution is 2.39. The number of amides is 1. The van der Waals surface area contributed by atoms with Crippen LogP contribution in [0.3, 0.4) is 0 Å². The Labute approximate surface area is 125 Å². The van der Waals surface area contributed by atoms with E-state index in [0.717, 1.165) is 19.3 Å². The molecule has 6 heteroatoms. The number of likely N-dealkylation sites (tertiary alicyclic amines) is 1. The zero-order chi connectivity index (χ0) is 15.2. The van der Waals surface area contributed by atoms with Crippen LogP contribution in [0.15, 0.2) is 0 Å². The largest absolute Gasteiger partial charge is 0.480 e. The van der Waals surface area contributed by atoms with Gasteiger partial charge in [0.15, 0.2) is 0 Å². The summed E-state index contributed by atoms with van der Waals surface area (Å²) in [7, 11) is 0. The van der Waals surface area contributed by atoms with E-state index in [0.29, 0.717) is 32.1 Å². The molecule has 3 unspecified atom stereocenters. The van der Waals surface area contributed by atoms with Crippen LogP contribution in [-0.4, -0.2) is 60.3 Å². The Morgan fingerprint density at radius 3 is 2.81 bits per heavy atom. The fraction of sp³-hybridized carbons (Fsp3) is 0.867. The monoisotopic (exact) mass is 298 g/mol. The van der Waals surface area contributed by atoms with Gasteiger partial charge in [0.1, 0.15) is 6.04 Å². The van der Waals surface area contributed by atoms with E-state index in [1.165, 1.54) is 6.42 Å². The van der Waals surface area contributed by atoms with Crippen molar-refractivity contribution in [1.82, 2.24) is 10.2 Å². The molecular formula is C15H26N2O4. The summed E-state index contributed by atoms with van der Waals surface area (Å²) in [4.78, 5) is 25.4. The molecule has 1 saturated heterocycles. The molecule has 21 heavy (non-hydrogen) atoms. The van der Waals surface area contributed by atoms with Gasteiger partial charge in [0.25, 0.3) is 0 Å². The minimum Gasteiger partial charge on any atom is -0.480 e. The fourth-order valence-electron chi connectivity index (χ4n) is 3.65. The number of aliphatic carboxylic acids is 1. The van der Waals surface area contributed by atoms with Crippen LogP contribution in [0.5, 0.6) is 0 Å².